The largest absolute Gasteiger partial charge is 0.480 e. The molecule has 0 radical (unpaired) electrons. The lowest BCUT2D eigenvalue weighted by atomic mass is 10.0. The second-order valence-electron chi connectivity index (χ2n) is 8.94. The summed E-state index contributed by atoms with van der Waals surface area (Å²) in [6.07, 6.45) is -1.55. The summed E-state index contributed by atoms with van der Waals surface area (Å²) in [5.74, 6) is -4.81. The molecule has 0 aliphatic heterocycles. The van der Waals surface area contributed by atoms with Crippen molar-refractivity contribution < 1.29 is 34.2 Å². The van der Waals surface area contributed by atoms with Crippen LogP contribution in [0.15, 0.2) is 35.3 Å². The molecule has 1 aromatic rings. The third kappa shape index (κ3) is 12.7. The molecule has 0 heterocycles. The maximum absolute atomic E-state index is 13.0. The van der Waals surface area contributed by atoms with Crippen molar-refractivity contribution in [3.05, 3.63) is 35.9 Å². The minimum atomic E-state index is -1.58. The molecule has 0 saturated heterocycles. The summed E-state index contributed by atoms with van der Waals surface area (Å²) >= 11 is 0. The molecule has 39 heavy (non-hydrogen) atoms. The van der Waals surface area contributed by atoms with Gasteiger partial charge in [-0.15, -0.1) is 0 Å². The van der Waals surface area contributed by atoms with Crippen LogP contribution in [0.4, 0.5) is 0 Å². The van der Waals surface area contributed by atoms with Crippen molar-refractivity contribution in [3.8, 4) is 0 Å². The number of aliphatic hydroxyl groups is 1. The maximum Gasteiger partial charge on any atom is 0.326 e. The quantitative estimate of drug-likeness (QED) is 0.0531. The molecule has 0 fully saturated rings. The Hall–Kier alpha value is -4.24. The fraction of sp³-hybridized carbons (Fsp3) is 0.500. The molecule has 0 aromatic heterocycles. The number of carbonyl (C=O) groups excluding carboxylic acids is 4. The third-order valence-electron chi connectivity index (χ3n) is 5.57. The first kappa shape index (κ1) is 32.8. The number of nitrogens with two attached hydrogens (primary N) is 4. The molecular weight excluding hydrogens is 512 g/mol. The molecule has 1 aromatic carbocycles. The number of carboxylic acid groups (broad SMARTS) is 1. The van der Waals surface area contributed by atoms with E-state index < -0.39 is 59.9 Å². The molecule has 0 aliphatic carbocycles. The summed E-state index contributed by atoms with van der Waals surface area (Å²) in [6.45, 7) is 1.35. The van der Waals surface area contributed by atoms with E-state index in [0.717, 1.165) is 5.56 Å². The molecule has 0 saturated carbocycles. The second-order valence-corrected chi connectivity index (χ2v) is 8.94. The van der Waals surface area contributed by atoms with Crippen LogP contribution < -0.4 is 38.9 Å². The number of nitrogens with one attached hydrogen (secondary N) is 3. The Morgan fingerprint density at radius 3 is 2.05 bits per heavy atom. The van der Waals surface area contributed by atoms with Gasteiger partial charge in [-0.25, -0.2) is 4.79 Å². The summed E-state index contributed by atoms with van der Waals surface area (Å²) in [5.41, 5.74) is 22.4. The lowest BCUT2D eigenvalue weighted by Gasteiger charge is -2.26. The van der Waals surface area contributed by atoms with Crippen LogP contribution in [0.25, 0.3) is 0 Å². The van der Waals surface area contributed by atoms with Crippen molar-refractivity contribution in [3.63, 3.8) is 0 Å². The van der Waals surface area contributed by atoms with Crippen molar-refractivity contribution in [2.24, 2.45) is 27.9 Å². The standard InChI is InChI=1S/C24H38N8O7/c1-13(33)19(22(37)31-17(23(38)39)8-5-11-29-24(27)28)32-21(36)16(9-10-18(26)34)30-20(35)15(25)12-14-6-3-2-4-7-14/h2-4,6-7,13,15-17,19,33H,5,8-12,25H2,1H3,(H2,26,34)(H,30,35)(H,31,37)(H,32,36)(H,38,39)(H4,27,28,29). The van der Waals surface area contributed by atoms with E-state index in [1.54, 1.807) is 30.3 Å². The highest BCUT2D eigenvalue weighted by Crippen LogP contribution is 2.06. The lowest BCUT2D eigenvalue weighted by molar-refractivity contribution is -0.143. The molecule has 15 nitrogen and oxygen atoms in total. The average molecular weight is 551 g/mol. The molecule has 4 amide bonds. The number of benzene rings is 1. The first-order valence-corrected chi connectivity index (χ1v) is 12.3. The Morgan fingerprint density at radius 1 is 0.897 bits per heavy atom. The van der Waals surface area contributed by atoms with Gasteiger partial charge in [-0.1, -0.05) is 30.3 Å². The van der Waals surface area contributed by atoms with Gasteiger partial charge in [-0.05, 0) is 38.2 Å². The summed E-state index contributed by atoms with van der Waals surface area (Å²) in [4.78, 5) is 65.2. The number of hydrogen-bond acceptors (Lipinski definition) is 8. The van der Waals surface area contributed by atoms with Crippen LogP contribution in [-0.4, -0.2) is 82.6 Å². The summed E-state index contributed by atoms with van der Waals surface area (Å²) in [6, 6.07) is 3.64. The lowest BCUT2D eigenvalue weighted by Crippen LogP contribution is -2.60. The van der Waals surface area contributed by atoms with Gasteiger partial charge in [-0.2, -0.15) is 0 Å². The van der Waals surface area contributed by atoms with Crippen molar-refractivity contribution in [1.82, 2.24) is 16.0 Å². The molecule has 0 spiro atoms. The second kappa shape index (κ2) is 16.6. The fourth-order valence-corrected chi connectivity index (χ4v) is 3.48. The van der Waals surface area contributed by atoms with Gasteiger partial charge in [0.15, 0.2) is 5.96 Å². The molecule has 1 rings (SSSR count). The maximum atomic E-state index is 13.0. The van der Waals surface area contributed by atoms with Crippen LogP contribution in [0.3, 0.4) is 0 Å². The summed E-state index contributed by atoms with van der Waals surface area (Å²) < 4.78 is 0. The Balaban J connectivity index is 2.92. The van der Waals surface area contributed by atoms with E-state index in [1.807, 2.05) is 0 Å². The molecule has 0 bridgehead atoms. The Kier molecular flexibility index (Phi) is 13.9. The van der Waals surface area contributed by atoms with Crippen LogP contribution in [0.5, 0.6) is 0 Å². The van der Waals surface area contributed by atoms with E-state index in [2.05, 4.69) is 20.9 Å². The third-order valence-corrected chi connectivity index (χ3v) is 5.57. The minimum Gasteiger partial charge on any atom is -0.480 e. The van der Waals surface area contributed by atoms with Gasteiger partial charge in [0.05, 0.1) is 12.1 Å². The number of nitrogens with zero attached hydrogens (tertiary/aromatic N) is 1. The van der Waals surface area contributed by atoms with E-state index >= 15 is 0 Å². The zero-order chi connectivity index (χ0) is 29.5. The number of aliphatic imine (C=N–C) groups is 1. The number of carbonyl (C=O) groups is 5. The molecule has 216 valence electrons. The molecule has 13 N–H and O–H groups in total. The van der Waals surface area contributed by atoms with Gasteiger partial charge in [0.2, 0.25) is 23.6 Å². The van der Waals surface area contributed by atoms with Gasteiger partial charge in [0.25, 0.3) is 0 Å². The van der Waals surface area contributed by atoms with Gasteiger partial charge < -0.3 is 49.1 Å². The summed E-state index contributed by atoms with van der Waals surface area (Å²) in [5, 5.41) is 26.6. The predicted octanol–water partition coefficient (Wildman–Crippen LogP) is -3.20. The Labute approximate surface area is 225 Å². The minimum absolute atomic E-state index is 0.0328. The van der Waals surface area contributed by atoms with E-state index in [-0.39, 0.29) is 44.6 Å². The van der Waals surface area contributed by atoms with Crippen LogP contribution in [0.1, 0.15) is 38.2 Å². The fourth-order valence-electron chi connectivity index (χ4n) is 3.48. The molecule has 5 unspecified atom stereocenters. The Morgan fingerprint density at radius 2 is 1.51 bits per heavy atom. The van der Waals surface area contributed by atoms with Gasteiger partial charge >= 0.3 is 5.97 Å². The van der Waals surface area contributed by atoms with E-state index in [9.17, 15) is 34.2 Å². The zero-order valence-electron chi connectivity index (χ0n) is 21.7. The smallest absolute Gasteiger partial charge is 0.326 e. The van der Waals surface area contributed by atoms with E-state index in [4.69, 9.17) is 22.9 Å². The van der Waals surface area contributed by atoms with Crippen LogP contribution in [0.2, 0.25) is 0 Å². The highest BCUT2D eigenvalue weighted by atomic mass is 16.4. The number of amides is 4. The molecular formula is C24H38N8O7. The molecule has 15 heteroatoms. The van der Waals surface area contributed by atoms with Crippen molar-refractivity contribution >= 4 is 35.6 Å². The normalized spacial score (nSPS) is 14.5. The van der Waals surface area contributed by atoms with E-state index in [1.165, 1.54) is 6.92 Å². The number of aliphatic hydroxyl groups excluding tert-OH is 1. The van der Waals surface area contributed by atoms with Crippen LogP contribution >= 0.6 is 0 Å². The molecule has 0 aliphatic rings. The highest BCUT2D eigenvalue weighted by Gasteiger charge is 2.32. The van der Waals surface area contributed by atoms with Crippen molar-refractivity contribution in [1.29, 1.82) is 0 Å². The molecule has 5 atom stereocenters. The van der Waals surface area contributed by atoms with Gasteiger partial charge in [0, 0.05) is 13.0 Å². The number of rotatable bonds is 17. The van der Waals surface area contributed by atoms with Crippen LogP contribution in [-0.2, 0) is 30.4 Å². The Bertz CT molecular complexity index is 1010. The summed E-state index contributed by atoms with van der Waals surface area (Å²) in [7, 11) is 0. The monoisotopic (exact) mass is 550 g/mol. The number of aliphatic carboxylic acids is 1. The van der Waals surface area contributed by atoms with Gasteiger partial charge in [-0.3, -0.25) is 24.2 Å². The number of hydrogen-bond donors (Lipinski definition) is 9. The SMILES string of the molecule is CC(O)C(NC(=O)C(CCC(N)=O)NC(=O)C(N)Cc1ccccc1)C(=O)NC(CCCN=C(N)N)C(=O)O. The van der Waals surface area contributed by atoms with Crippen LogP contribution in [0, 0.1) is 0 Å². The van der Waals surface area contributed by atoms with Crippen molar-refractivity contribution in [2.45, 2.75) is 69.3 Å². The van der Waals surface area contributed by atoms with Crippen molar-refractivity contribution in [2.75, 3.05) is 6.54 Å². The number of carboxylic acids is 1. The van der Waals surface area contributed by atoms with E-state index in [0.29, 0.717) is 0 Å². The number of guanidine groups is 1. The van der Waals surface area contributed by atoms with Gasteiger partial charge in [0.1, 0.15) is 18.1 Å². The zero-order valence-corrected chi connectivity index (χ0v) is 21.7. The topological polar surface area (TPSA) is 278 Å². The number of primary amides is 1. The first-order valence-electron chi connectivity index (χ1n) is 12.3. The first-order chi connectivity index (χ1) is 18.3. The predicted molar refractivity (Wildman–Crippen MR) is 142 cm³/mol. The average Bonchev–Trinajstić information content (AvgIpc) is 2.86. The highest BCUT2D eigenvalue weighted by molar-refractivity contribution is 5.94.